The van der Waals surface area contributed by atoms with Gasteiger partial charge in [-0.1, -0.05) is 6.58 Å². The van der Waals surface area contributed by atoms with E-state index in [1.165, 1.54) is 18.2 Å². The lowest BCUT2D eigenvalue weighted by molar-refractivity contribution is 0.207. The number of aliphatic hydroxyl groups is 1. The number of hydrogen-bond acceptors (Lipinski definition) is 8. The maximum absolute atomic E-state index is 10.4. The first-order valence-electron chi connectivity index (χ1n) is 7.17. The van der Waals surface area contributed by atoms with E-state index in [0.717, 1.165) is 6.26 Å². The molecular formula is C17H13IO8. The molecule has 8 nitrogen and oxygen atoms in total. The Morgan fingerprint density at radius 3 is 2.46 bits per heavy atom. The standard InChI is InChI=1S/C17H13IO8/c1-2-24-16-12-9(20)6-11(7-3-4-10(26-18)8(19)5-7)25-17(12)15(23)13(21)14(16)22/h2-6,9,19-23H,1H2. The number of phenolic OH excluding ortho intramolecular Hbond substituents is 4. The average Bonchev–Trinajstić information content (AvgIpc) is 2.63. The van der Waals surface area contributed by atoms with Crippen LogP contribution in [0.15, 0.2) is 37.1 Å². The van der Waals surface area contributed by atoms with Crippen molar-refractivity contribution in [3.05, 3.63) is 48.2 Å². The van der Waals surface area contributed by atoms with Crippen LogP contribution in [-0.2, 0) is 0 Å². The van der Waals surface area contributed by atoms with Crippen LogP contribution < -0.4 is 12.5 Å². The SMILES string of the molecule is C=COc1c(O)c(O)c(O)c2c1C(O)C=C(c1ccc(OI)c(O)c1)O2. The van der Waals surface area contributed by atoms with Gasteiger partial charge in [-0.15, -0.1) is 0 Å². The van der Waals surface area contributed by atoms with E-state index < -0.39 is 23.4 Å². The van der Waals surface area contributed by atoms with E-state index >= 15 is 0 Å². The van der Waals surface area contributed by atoms with Gasteiger partial charge in [0.1, 0.15) is 11.9 Å². The molecular weight excluding hydrogens is 459 g/mol. The fourth-order valence-corrected chi connectivity index (χ4v) is 2.89. The molecule has 3 rings (SSSR count). The molecule has 1 atom stereocenters. The fraction of sp³-hybridized carbons (Fsp3) is 0.0588. The van der Waals surface area contributed by atoms with Gasteiger partial charge in [0.2, 0.25) is 17.2 Å². The van der Waals surface area contributed by atoms with Crippen LogP contribution in [0, 0.1) is 0 Å². The number of ether oxygens (including phenoxy) is 2. The second-order valence-electron chi connectivity index (χ2n) is 5.24. The molecule has 9 heteroatoms. The van der Waals surface area contributed by atoms with Crippen LogP contribution in [0.5, 0.6) is 40.2 Å². The first-order valence-corrected chi connectivity index (χ1v) is 8.05. The molecule has 0 bridgehead atoms. The van der Waals surface area contributed by atoms with Gasteiger partial charge in [0.05, 0.1) is 11.8 Å². The van der Waals surface area contributed by atoms with Crippen molar-refractivity contribution in [1.82, 2.24) is 0 Å². The summed E-state index contributed by atoms with van der Waals surface area (Å²) in [6.45, 7) is 3.36. The van der Waals surface area contributed by atoms with Crippen molar-refractivity contribution in [3.63, 3.8) is 0 Å². The first kappa shape index (κ1) is 18.0. The zero-order valence-corrected chi connectivity index (χ0v) is 15.2. The molecule has 0 radical (unpaired) electrons. The molecule has 2 aromatic carbocycles. The number of rotatable bonds is 4. The Morgan fingerprint density at radius 1 is 1.12 bits per heavy atom. The van der Waals surface area contributed by atoms with Crippen molar-refractivity contribution in [1.29, 1.82) is 0 Å². The summed E-state index contributed by atoms with van der Waals surface area (Å²) < 4.78 is 15.6. The number of aliphatic hydroxyl groups excluding tert-OH is 1. The Hall–Kier alpha value is -2.79. The van der Waals surface area contributed by atoms with Crippen LogP contribution in [0.4, 0.5) is 0 Å². The van der Waals surface area contributed by atoms with Crippen molar-refractivity contribution in [2.24, 2.45) is 0 Å². The van der Waals surface area contributed by atoms with E-state index in [1.807, 2.05) is 0 Å². The molecule has 0 saturated carbocycles. The second kappa shape index (κ2) is 6.84. The summed E-state index contributed by atoms with van der Waals surface area (Å²) in [4.78, 5) is 0. The Kier molecular flexibility index (Phi) is 4.74. The quantitative estimate of drug-likeness (QED) is 0.261. The summed E-state index contributed by atoms with van der Waals surface area (Å²) >= 11 is 1.62. The Bertz CT molecular complexity index is 922. The molecule has 26 heavy (non-hydrogen) atoms. The molecule has 0 amide bonds. The van der Waals surface area contributed by atoms with Gasteiger partial charge in [-0.2, -0.15) is 0 Å². The molecule has 0 spiro atoms. The van der Waals surface area contributed by atoms with E-state index in [-0.39, 0.29) is 34.3 Å². The van der Waals surface area contributed by atoms with Gasteiger partial charge in [-0.05, 0) is 24.3 Å². The van der Waals surface area contributed by atoms with Gasteiger partial charge in [-0.3, -0.25) is 0 Å². The molecule has 2 aromatic rings. The average molecular weight is 472 g/mol. The highest BCUT2D eigenvalue weighted by Crippen LogP contribution is 2.56. The minimum Gasteiger partial charge on any atom is -0.504 e. The second-order valence-corrected chi connectivity index (χ2v) is 5.68. The number of benzene rings is 2. The monoisotopic (exact) mass is 472 g/mol. The highest BCUT2D eigenvalue weighted by Gasteiger charge is 2.33. The molecule has 136 valence electrons. The van der Waals surface area contributed by atoms with Crippen molar-refractivity contribution in [3.8, 4) is 40.2 Å². The lowest BCUT2D eigenvalue weighted by atomic mass is 9.99. The number of phenols is 4. The van der Waals surface area contributed by atoms with E-state index in [9.17, 15) is 25.5 Å². The molecule has 1 aliphatic heterocycles. The van der Waals surface area contributed by atoms with Crippen LogP contribution in [0.3, 0.4) is 0 Å². The van der Waals surface area contributed by atoms with Crippen molar-refractivity contribution >= 4 is 28.8 Å². The van der Waals surface area contributed by atoms with Gasteiger partial charge in [0, 0.05) is 5.56 Å². The summed E-state index contributed by atoms with van der Waals surface area (Å²) in [6.07, 6.45) is 0.926. The molecule has 0 saturated heterocycles. The normalized spacial score (nSPS) is 15.5. The van der Waals surface area contributed by atoms with Crippen LogP contribution in [0.1, 0.15) is 17.2 Å². The molecule has 1 heterocycles. The zero-order chi connectivity index (χ0) is 19.0. The van der Waals surface area contributed by atoms with Crippen molar-refractivity contribution in [2.45, 2.75) is 6.10 Å². The van der Waals surface area contributed by atoms with Crippen LogP contribution in [0.2, 0.25) is 0 Å². The van der Waals surface area contributed by atoms with Crippen LogP contribution in [0.25, 0.3) is 5.76 Å². The van der Waals surface area contributed by atoms with E-state index in [4.69, 9.17) is 12.5 Å². The van der Waals surface area contributed by atoms with Crippen LogP contribution >= 0.6 is 23.0 Å². The largest absolute Gasteiger partial charge is 0.504 e. The number of halogens is 1. The molecule has 1 aliphatic rings. The van der Waals surface area contributed by atoms with Gasteiger partial charge in [0.15, 0.2) is 46.0 Å². The van der Waals surface area contributed by atoms with E-state index in [0.29, 0.717) is 5.56 Å². The third-order valence-electron chi connectivity index (χ3n) is 3.71. The summed E-state index contributed by atoms with van der Waals surface area (Å²) in [5, 5.41) is 50.3. The molecule has 0 aromatic heterocycles. The van der Waals surface area contributed by atoms with Crippen molar-refractivity contribution < 1.29 is 38.1 Å². The predicted octanol–water partition coefficient (Wildman–Crippen LogP) is 3.23. The van der Waals surface area contributed by atoms with Gasteiger partial charge in [-0.25, -0.2) is 0 Å². The lowest BCUT2D eigenvalue weighted by Crippen LogP contribution is -2.10. The molecule has 0 aliphatic carbocycles. The Morgan fingerprint density at radius 2 is 1.85 bits per heavy atom. The molecule has 5 N–H and O–H groups in total. The minimum atomic E-state index is -1.34. The fourth-order valence-electron chi connectivity index (χ4n) is 2.52. The van der Waals surface area contributed by atoms with E-state index in [1.54, 1.807) is 29.1 Å². The third kappa shape index (κ3) is 2.84. The maximum Gasteiger partial charge on any atom is 0.208 e. The van der Waals surface area contributed by atoms with Gasteiger partial charge < -0.3 is 38.1 Å². The number of fused-ring (bicyclic) bond motifs is 1. The summed E-state index contributed by atoms with van der Waals surface area (Å²) in [5.41, 5.74) is 0.292. The van der Waals surface area contributed by atoms with E-state index in [2.05, 4.69) is 6.58 Å². The minimum absolute atomic E-state index is 0.0853. The van der Waals surface area contributed by atoms with Gasteiger partial charge in [0.25, 0.3) is 0 Å². The summed E-state index contributed by atoms with van der Waals surface area (Å²) in [5.74, 6) is -2.82. The molecule has 1 unspecified atom stereocenters. The Balaban J connectivity index is 2.13. The summed E-state index contributed by atoms with van der Waals surface area (Å²) in [6, 6.07) is 4.40. The number of aromatic hydroxyl groups is 4. The molecule has 0 fully saturated rings. The van der Waals surface area contributed by atoms with Crippen molar-refractivity contribution in [2.75, 3.05) is 0 Å². The maximum atomic E-state index is 10.4. The smallest absolute Gasteiger partial charge is 0.208 e. The number of hydrogen-bond donors (Lipinski definition) is 5. The predicted molar refractivity (Wildman–Crippen MR) is 98.6 cm³/mol. The topological polar surface area (TPSA) is 129 Å². The van der Waals surface area contributed by atoms with Crippen LogP contribution in [-0.4, -0.2) is 25.5 Å². The zero-order valence-electron chi connectivity index (χ0n) is 13.0. The summed E-state index contributed by atoms with van der Waals surface area (Å²) in [7, 11) is 0. The third-order valence-corrected chi connectivity index (χ3v) is 4.19. The Labute approximate surface area is 161 Å². The first-order chi connectivity index (χ1) is 12.4. The highest BCUT2D eigenvalue weighted by atomic mass is 127. The highest BCUT2D eigenvalue weighted by molar-refractivity contribution is 14.1. The lowest BCUT2D eigenvalue weighted by Gasteiger charge is -2.25. The van der Waals surface area contributed by atoms with Gasteiger partial charge >= 0.3 is 0 Å².